The summed E-state index contributed by atoms with van der Waals surface area (Å²) in [6, 6.07) is 0. The van der Waals surface area contributed by atoms with E-state index in [0.717, 1.165) is 0 Å². The fourth-order valence-corrected chi connectivity index (χ4v) is 391. The van der Waals surface area contributed by atoms with Crippen LogP contribution in [0.3, 0.4) is 0 Å². The maximum Gasteiger partial charge on any atom is 0.181 e. The van der Waals surface area contributed by atoms with Crippen LogP contribution in [0.15, 0.2) is 0 Å². The summed E-state index contributed by atoms with van der Waals surface area (Å²) in [7, 11) is -3.25. The van der Waals surface area contributed by atoms with Crippen LogP contribution < -0.4 is 0 Å². The van der Waals surface area contributed by atoms with E-state index in [0.29, 0.717) is 0 Å². The molecule has 0 aromatic carbocycles. The van der Waals surface area contributed by atoms with E-state index < -0.39 is 31.1 Å². The zero-order chi connectivity index (χ0) is 17.0. The van der Waals surface area contributed by atoms with Gasteiger partial charge in [0.05, 0.1) is 15.2 Å². The number of halogens is 5. The van der Waals surface area contributed by atoms with Crippen LogP contribution in [-0.4, -0.2) is 31.1 Å². The summed E-state index contributed by atoms with van der Waals surface area (Å²) >= 11 is 15.5. The van der Waals surface area contributed by atoms with Crippen molar-refractivity contribution in [2.75, 3.05) is 0 Å². The second-order valence-corrected chi connectivity index (χ2v) is 133. The van der Waals surface area contributed by atoms with E-state index in [1.54, 1.807) is 0 Å². The summed E-state index contributed by atoms with van der Waals surface area (Å²) in [6.45, 7) is 24.1. The van der Waals surface area contributed by atoms with Crippen LogP contribution in [0.4, 0.5) is 0 Å². The Kier molecular flexibility index (Phi) is 9.39. The smallest absolute Gasteiger partial charge is 0.125 e. The third-order valence-corrected chi connectivity index (χ3v) is 290. The van der Waals surface area contributed by atoms with Gasteiger partial charge in [0.1, 0.15) is 4.12 Å². The summed E-state index contributed by atoms with van der Waals surface area (Å²) in [4.78, 5) is 0. The first kappa shape index (κ1) is 25.0. The fraction of sp³-hybridized carbons (Fsp3) is 1.00. The van der Waals surface area contributed by atoms with Crippen molar-refractivity contribution in [3.8, 4) is 0 Å². The minimum Gasteiger partial charge on any atom is -0.125 e. The molecule has 0 fully saturated rings. The largest absolute Gasteiger partial charge is 0.181 e. The van der Waals surface area contributed by atoms with Crippen LogP contribution in [0, 0.1) is 0 Å². The maximum atomic E-state index is 3.18. The normalized spacial score (nSPS) is 16.5. The quantitative estimate of drug-likeness (QED) is 0.153. The first-order chi connectivity index (χ1) is 8.25. The van der Waals surface area contributed by atoms with E-state index >= 15 is 0 Å². The van der Waals surface area contributed by atoms with Crippen molar-refractivity contribution in [1.82, 2.24) is 0 Å². The highest BCUT2D eigenvalue weighted by molar-refractivity contribution is 14.3. The van der Waals surface area contributed by atoms with Gasteiger partial charge in [-0.1, -0.05) is 58.9 Å². The first-order valence-corrected chi connectivity index (χ1v) is 43.8. The molecule has 0 atom stereocenters. The van der Waals surface area contributed by atoms with Crippen LogP contribution in [0.5, 0.6) is 0 Å². The Balaban J connectivity index is 6.50. The van der Waals surface area contributed by atoms with Crippen LogP contribution in [-0.2, 0) is 0 Å². The SMILES string of the molecule is C[Si](C)(C)[Si](I)(I)[Si](I)([Si](C)(C)C)[Si](I)(I)[Si](C)(C)C. The molecule has 0 aromatic rings. The number of rotatable bonds is 5. The molecule has 0 heterocycles. The van der Waals surface area contributed by atoms with Gasteiger partial charge in [0.2, 0.25) is 0 Å². The van der Waals surface area contributed by atoms with Gasteiger partial charge >= 0.3 is 0 Å². The van der Waals surface area contributed by atoms with Crippen molar-refractivity contribution in [3.05, 3.63) is 0 Å². The monoisotopic (exact) mass is 938 g/mol. The van der Waals surface area contributed by atoms with Gasteiger partial charge in [0.25, 0.3) is 0 Å². The molecule has 0 bridgehead atoms. The Labute approximate surface area is 195 Å². The second-order valence-electron chi connectivity index (χ2n) is 8.56. The lowest BCUT2D eigenvalue weighted by Gasteiger charge is -2.57. The van der Waals surface area contributed by atoms with E-state index in [1.807, 2.05) is 0 Å². The predicted octanol–water partition coefficient (Wildman–Crippen LogP) is 7.40. The van der Waals surface area contributed by atoms with Crippen LogP contribution in [0.1, 0.15) is 0 Å². The Morgan fingerprint density at radius 3 is 0.700 bits per heavy atom. The molecule has 0 aliphatic heterocycles. The van der Waals surface area contributed by atoms with Crippen molar-refractivity contribution in [1.29, 1.82) is 0 Å². The van der Waals surface area contributed by atoms with Crippen LogP contribution in [0.2, 0.25) is 58.9 Å². The zero-order valence-corrected chi connectivity index (χ0v) is 30.7. The lowest BCUT2D eigenvalue weighted by Crippen LogP contribution is -2.86. The van der Waals surface area contributed by atoms with E-state index in [9.17, 15) is 0 Å². The highest BCUT2D eigenvalue weighted by atomic mass is 127. The fourth-order valence-electron chi connectivity index (χ4n) is 2.17. The lowest BCUT2D eigenvalue weighted by molar-refractivity contribution is 1.84. The number of hydrogen-bond acceptors (Lipinski definition) is 0. The summed E-state index contributed by atoms with van der Waals surface area (Å²) in [5.41, 5.74) is 0. The molecule has 11 heteroatoms. The molecule has 122 valence electrons. The van der Waals surface area contributed by atoms with Crippen LogP contribution >= 0.6 is 109 Å². The molecule has 0 nitrogen and oxygen atoms in total. The van der Waals surface area contributed by atoms with E-state index in [4.69, 9.17) is 0 Å². The zero-order valence-electron chi connectivity index (χ0n) is 13.9. The topological polar surface area (TPSA) is 0 Å². The van der Waals surface area contributed by atoms with Crippen LogP contribution in [0.25, 0.3) is 0 Å². The second kappa shape index (κ2) is 7.52. The molecule has 0 aliphatic carbocycles. The summed E-state index contributed by atoms with van der Waals surface area (Å²) < 4.78 is -3.60. The molecule has 0 N–H and O–H groups in total. The van der Waals surface area contributed by atoms with Gasteiger partial charge in [-0.3, -0.25) is 0 Å². The minimum absolute atomic E-state index is 1.07. The summed E-state index contributed by atoms with van der Waals surface area (Å²) in [6.07, 6.45) is 0. The Morgan fingerprint density at radius 2 is 0.600 bits per heavy atom. The van der Waals surface area contributed by atoms with Crippen molar-refractivity contribution in [2.45, 2.75) is 58.9 Å². The molecule has 0 amide bonds. The van der Waals surface area contributed by atoms with E-state index in [-0.39, 0.29) is 0 Å². The Hall–Kier alpha value is 4.95. The lowest BCUT2D eigenvalue weighted by atomic mass is 11.8. The van der Waals surface area contributed by atoms with Gasteiger partial charge in [-0.25, -0.2) is 0 Å². The maximum absolute atomic E-state index is 3.18. The van der Waals surface area contributed by atoms with Gasteiger partial charge in [0.15, 0.2) is 4.20 Å². The minimum atomic E-state index is -1.22. The molecule has 0 aliphatic rings. The number of hydrogen-bond donors (Lipinski definition) is 0. The molecule has 0 radical (unpaired) electrons. The van der Waals surface area contributed by atoms with E-state index in [1.165, 1.54) is 0 Å². The molecular formula is C9H27I5Si6. The van der Waals surface area contributed by atoms with Crippen molar-refractivity contribution in [3.63, 3.8) is 0 Å². The molecule has 20 heavy (non-hydrogen) atoms. The van der Waals surface area contributed by atoms with Crippen molar-refractivity contribution in [2.24, 2.45) is 0 Å². The van der Waals surface area contributed by atoms with Gasteiger partial charge in [-0.05, 0) is 0 Å². The molecule has 0 saturated carbocycles. The average molecular weight is 938 g/mol. The highest BCUT2D eigenvalue weighted by Gasteiger charge is 2.75. The third-order valence-electron chi connectivity index (χ3n) is 3.78. The van der Waals surface area contributed by atoms with Crippen molar-refractivity contribution >= 4 is 140 Å². The summed E-state index contributed by atoms with van der Waals surface area (Å²) in [5.74, 6) is 0. The highest BCUT2D eigenvalue weighted by Crippen LogP contribution is 2.57. The van der Waals surface area contributed by atoms with Gasteiger partial charge in [-0.15, -0.1) is 109 Å². The Morgan fingerprint density at radius 1 is 0.400 bits per heavy atom. The molecule has 0 spiro atoms. The molecule has 0 aromatic heterocycles. The summed E-state index contributed by atoms with van der Waals surface area (Å²) in [5, 5.41) is 0. The van der Waals surface area contributed by atoms with E-state index in [2.05, 4.69) is 168 Å². The molecular weight excluding hydrogens is 911 g/mol. The predicted molar refractivity (Wildman–Crippen MR) is 157 cm³/mol. The molecule has 0 saturated heterocycles. The molecule has 0 unspecified atom stereocenters. The van der Waals surface area contributed by atoms with Gasteiger partial charge in [0, 0.05) is 7.59 Å². The van der Waals surface area contributed by atoms with Gasteiger partial charge < -0.3 is 0 Å². The Bertz CT molecular complexity index is 338. The first-order valence-electron chi connectivity index (χ1n) is 6.69. The molecule has 0 rings (SSSR count). The van der Waals surface area contributed by atoms with Gasteiger partial charge in [-0.2, -0.15) is 0 Å². The third kappa shape index (κ3) is 4.43. The van der Waals surface area contributed by atoms with Crippen molar-refractivity contribution < 1.29 is 0 Å². The standard InChI is InChI=1S/C9H27I5Si6/c1-15(2,3)18(10,11)20(14,17(7,8)9)19(12,13)16(4,5)6/h1-9H3. The average Bonchev–Trinajstić information content (AvgIpc) is 2.10.